The van der Waals surface area contributed by atoms with Gasteiger partial charge in [0.1, 0.15) is 6.04 Å². The zero-order chi connectivity index (χ0) is 14.6. The Hall–Kier alpha value is -1.36. The van der Waals surface area contributed by atoms with Gasteiger partial charge in [0.2, 0.25) is 0 Å². The Morgan fingerprint density at radius 3 is 2.53 bits per heavy atom. The van der Waals surface area contributed by atoms with Crippen molar-refractivity contribution in [1.82, 2.24) is 15.1 Å². The molecule has 0 radical (unpaired) electrons. The predicted molar refractivity (Wildman–Crippen MR) is 74.8 cm³/mol. The first-order chi connectivity index (χ1) is 8.86. The smallest absolute Gasteiger partial charge is 0.323 e. The highest BCUT2D eigenvalue weighted by molar-refractivity contribution is 5.75. The molecule has 1 aromatic heterocycles. The Bertz CT molecular complexity index is 424. The molecular weight excluding hydrogens is 242 g/mol. The van der Waals surface area contributed by atoms with Gasteiger partial charge >= 0.3 is 5.97 Å². The Morgan fingerprint density at radius 1 is 1.42 bits per heavy atom. The van der Waals surface area contributed by atoms with Crippen LogP contribution < -0.4 is 5.32 Å². The molecule has 0 aliphatic heterocycles. The highest BCUT2D eigenvalue weighted by atomic mass is 16.5. The van der Waals surface area contributed by atoms with Crippen LogP contribution in [-0.2, 0) is 23.1 Å². The number of ether oxygens (including phenoxy) is 1. The number of esters is 1. The van der Waals surface area contributed by atoms with Gasteiger partial charge in [0.15, 0.2) is 0 Å². The summed E-state index contributed by atoms with van der Waals surface area (Å²) in [7, 11) is 3.33. The van der Waals surface area contributed by atoms with E-state index in [4.69, 9.17) is 4.74 Å². The number of carbonyl (C=O) groups is 1. The minimum absolute atomic E-state index is 0.187. The molecular formula is C14H25N3O2. The summed E-state index contributed by atoms with van der Waals surface area (Å²) < 4.78 is 6.64. The van der Waals surface area contributed by atoms with Crippen molar-refractivity contribution < 1.29 is 9.53 Å². The standard InChI is InChI=1S/C14H25N3O2/c1-9(2)12-11(8-17(5)16-12)7-15-13(10(3)4)14(18)19-6/h8-10,13,15H,7H2,1-6H3. The van der Waals surface area contributed by atoms with Gasteiger partial charge in [-0.15, -0.1) is 0 Å². The molecule has 5 nitrogen and oxygen atoms in total. The second-order valence-electron chi connectivity index (χ2n) is 5.49. The monoisotopic (exact) mass is 267 g/mol. The number of nitrogens with zero attached hydrogens (tertiary/aromatic N) is 2. The Balaban J connectivity index is 2.77. The zero-order valence-electron chi connectivity index (χ0n) is 12.7. The molecule has 1 rings (SSSR count). The van der Waals surface area contributed by atoms with E-state index in [1.165, 1.54) is 7.11 Å². The van der Waals surface area contributed by atoms with Crippen LogP contribution in [0.2, 0.25) is 0 Å². The maximum absolute atomic E-state index is 11.7. The van der Waals surface area contributed by atoms with E-state index in [2.05, 4.69) is 24.3 Å². The summed E-state index contributed by atoms with van der Waals surface area (Å²) in [6.45, 7) is 8.86. The van der Waals surface area contributed by atoms with Crippen molar-refractivity contribution in [2.45, 2.75) is 46.2 Å². The molecule has 1 atom stereocenters. The number of carbonyl (C=O) groups excluding carboxylic acids is 1. The lowest BCUT2D eigenvalue weighted by atomic mass is 10.0. The van der Waals surface area contributed by atoms with Crippen LogP contribution in [0.25, 0.3) is 0 Å². The molecule has 0 spiro atoms. The van der Waals surface area contributed by atoms with Gasteiger partial charge in [-0.2, -0.15) is 5.10 Å². The fraction of sp³-hybridized carbons (Fsp3) is 0.714. The molecule has 19 heavy (non-hydrogen) atoms. The van der Waals surface area contributed by atoms with Crippen LogP contribution in [0.3, 0.4) is 0 Å². The average Bonchev–Trinajstić information content (AvgIpc) is 2.70. The normalized spacial score (nSPS) is 13.1. The molecule has 0 aliphatic carbocycles. The van der Waals surface area contributed by atoms with Gasteiger partial charge < -0.3 is 4.74 Å². The summed E-state index contributed by atoms with van der Waals surface area (Å²) >= 11 is 0. The molecule has 0 aromatic carbocycles. The van der Waals surface area contributed by atoms with Crippen LogP contribution in [0.1, 0.15) is 44.9 Å². The van der Waals surface area contributed by atoms with Crippen molar-refractivity contribution in [3.8, 4) is 0 Å². The Labute approximate surface area is 115 Å². The minimum atomic E-state index is -0.287. The van der Waals surface area contributed by atoms with Crippen LogP contribution in [0, 0.1) is 5.92 Å². The Morgan fingerprint density at radius 2 is 2.05 bits per heavy atom. The summed E-state index contributed by atoms with van der Waals surface area (Å²) in [4.78, 5) is 11.7. The summed E-state index contributed by atoms with van der Waals surface area (Å²) in [5, 5.41) is 7.73. The lowest BCUT2D eigenvalue weighted by molar-refractivity contribution is -0.144. The molecule has 1 N–H and O–H groups in total. The van der Waals surface area contributed by atoms with Gasteiger partial charge in [-0.05, 0) is 11.8 Å². The molecule has 0 bridgehead atoms. The number of hydrogen-bond acceptors (Lipinski definition) is 4. The molecule has 0 amide bonds. The molecule has 1 aromatic rings. The van der Waals surface area contributed by atoms with E-state index in [-0.39, 0.29) is 17.9 Å². The molecule has 0 saturated heterocycles. The fourth-order valence-electron chi connectivity index (χ4n) is 2.12. The highest BCUT2D eigenvalue weighted by Crippen LogP contribution is 2.17. The van der Waals surface area contributed by atoms with Crippen LogP contribution in [-0.4, -0.2) is 28.9 Å². The number of hydrogen-bond donors (Lipinski definition) is 1. The van der Waals surface area contributed by atoms with E-state index in [0.717, 1.165) is 11.3 Å². The van der Waals surface area contributed by atoms with Gasteiger partial charge in [-0.1, -0.05) is 27.7 Å². The van der Waals surface area contributed by atoms with Crippen LogP contribution in [0.15, 0.2) is 6.20 Å². The third-order valence-corrected chi connectivity index (χ3v) is 3.12. The molecule has 0 fully saturated rings. The van der Waals surface area contributed by atoms with E-state index in [0.29, 0.717) is 12.5 Å². The molecule has 1 unspecified atom stereocenters. The lowest BCUT2D eigenvalue weighted by Gasteiger charge is -2.20. The van der Waals surface area contributed by atoms with Gasteiger partial charge in [0, 0.05) is 25.4 Å². The first kappa shape index (κ1) is 15.7. The van der Waals surface area contributed by atoms with E-state index in [1.54, 1.807) is 0 Å². The fourth-order valence-corrected chi connectivity index (χ4v) is 2.12. The SMILES string of the molecule is COC(=O)C(NCc1cn(C)nc1C(C)C)C(C)C. The van der Waals surface area contributed by atoms with Crippen molar-refractivity contribution >= 4 is 5.97 Å². The average molecular weight is 267 g/mol. The van der Waals surface area contributed by atoms with Crippen LogP contribution in [0.5, 0.6) is 0 Å². The van der Waals surface area contributed by atoms with Crippen molar-refractivity contribution in [1.29, 1.82) is 0 Å². The second-order valence-corrected chi connectivity index (χ2v) is 5.49. The van der Waals surface area contributed by atoms with E-state index < -0.39 is 0 Å². The third kappa shape index (κ3) is 4.06. The van der Waals surface area contributed by atoms with Crippen molar-refractivity contribution in [2.24, 2.45) is 13.0 Å². The second kappa shape index (κ2) is 6.70. The minimum Gasteiger partial charge on any atom is -0.468 e. The zero-order valence-corrected chi connectivity index (χ0v) is 12.7. The molecule has 1 heterocycles. The van der Waals surface area contributed by atoms with Gasteiger partial charge in [0.25, 0.3) is 0 Å². The number of rotatable bonds is 6. The Kier molecular flexibility index (Phi) is 5.54. The van der Waals surface area contributed by atoms with E-state index >= 15 is 0 Å². The summed E-state index contributed by atoms with van der Waals surface area (Å²) in [6, 6.07) is -0.287. The lowest BCUT2D eigenvalue weighted by Crippen LogP contribution is -2.41. The maximum Gasteiger partial charge on any atom is 0.323 e. The highest BCUT2D eigenvalue weighted by Gasteiger charge is 2.23. The summed E-state index contributed by atoms with van der Waals surface area (Å²) in [5.41, 5.74) is 2.20. The van der Waals surface area contributed by atoms with Gasteiger partial charge in [-0.25, -0.2) is 0 Å². The van der Waals surface area contributed by atoms with Crippen molar-refractivity contribution in [3.63, 3.8) is 0 Å². The molecule has 108 valence electrons. The predicted octanol–water partition coefficient (Wildman–Crippen LogP) is 1.83. The van der Waals surface area contributed by atoms with Crippen LogP contribution >= 0.6 is 0 Å². The first-order valence-corrected chi connectivity index (χ1v) is 6.70. The van der Waals surface area contributed by atoms with Gasteiger partial charge in [0.05, 0.1) is 12.8 Å². The van der Waals surface area contributed by atoms with Crippen molar-refractivity contribution in [3.05, 3.63) is 17.5 Å². The van der Waals surface area contributed by atoms with Crippen LogP contribution in [0.4, 0.5) is 0 Å². The van der Waals surface area contributed by atoms with E-state index in [1.807, 2.05) is 31.8 Å². The number of aryl methyl sites for hydroxylation is 1. The topological polar surface area (TPSA) is 56.1 Å². The van der Waals surface area contributed by atoms with Crippen molar-refractivity contribution in [2.75, 3.05) is 7.11 Å². The molecule has 0 saturated carbocycles. The number of methoxy groups -OCH3 is 1. The molecule has 5 heteroatoms. The summed E-state index contributed by atoms with van der Waals surface area (Å²) in [6.07, 6.45) is 2.00. The third-order valence-electron chi connectivity index (χ3n) is 3.12. The molecule has 0 aliphatic rings. The van der Waals surface area contributed by atoms with Gasteiger partial charge in [-0.3, -0.25) is 14.8 Å². The largest absolute Gasteiger partial charge is 0.468 e. The number of aromatic nitrogens is 2. The summed E-state index contributed by atoms with van der Waals surface area (Å²) in [5.74, 6) is 0.338. The quantitative estimate of drug-likeness (QED) is 0.799. The first-order valence-electron chi connectivity index (χ1n) is 6.70. The number of nitrogens with one attached hydrogen (secondary N) is 1. The van der Waals surface area contributed by atoms with E-state index in [9.17, 15) is 4.79 Å². The maximum atomic E-state index is 11.7.